The van der Waals surface area contributed by atoms with Crippen LogP contribution in [0.1, 0.15) is 35.8 Å². The molecule has 0 aliphatic heterocycles. The normalized spacial score (nSPS) is 14.3. The highest BCUT2D eigenvalue weighted by Gasteiger charge is 2.26. The molecule has 1 aliphatic rings. The van der Waals surface area contributed by atoms with E-state index >= 15 is 0 Å². The summed E-state index contributed by atoms with van der Waals surface area (Å²) in [4.78, 5) is 18.5. The zero-order valence-corrected chi connectivity index (χ0v) is 11.2. The van der Waals surface area contributed by atoms with E-state index in [0.29, 0.717) is 28.7 Å². The van der Waals surface area contributed by atoms with Crippen LogP contribution < -0.4 is 5.73 Å². The molecule has 96 valence electrons. The van der Waals surface area contributed by atoms with Crippen molar-refractivity contribution in [2.24, 2.45) is 11.7 Å². The molecule has 4 nitrogen and oxygen atoms in total. The fourth-order valence-electron chi connectivity index (χ4n) is 1.80. The van der Waals surface area contributed by atoms with Crippen molar-refractivity contribution in [3.63, 3.8) is 0 Å². The van der Waals surface area contributed by atoms with Gasteiger partial charge in [-0.15, -0.1) is 0 Å². The number of thiocarbonyl (C=S) groups is 1. The molecule has 1 aromatic rings. The van der Waals surface area contributed by atoms with Gasteiger partial charge in [-0.1, -0.05) is 12.2 Å². The van der Waals surface area contributed by atoms with Crippen LogP contribution >= 0.6 is 12.2 Å². The van der Waals surface area contributed by atoms with Crippen molar-refractivity contribution >= 4 is 23.1 Å². The van der Waals surface area contributed by atoms with Gasteiger partial charge in [-0.25, -0.2) is 0 Å². The first-order valence-corrected chi connectivity index (χ1v) is 6.57. The van der Waals surface area contributed by atoms with Gasteiger partial charge in [0.2, 0.25) is 0 Å². The second-order valence-corrected chi connectivity index (χ2v) is 5.02. The van der Waals surface area contributed by atoms with Gasteiger partial charge in [0.05, 0.1) is 0 Å². The average molecular weight is 263 g/mol. The Morgan fingerprint density at radius 3 is 2.72 bits per heavy atom. The van der Waals surface area contributed by atoms with Crippen LogP contribution in [0.25, 0.3) is 0 Å². The van der Waals surface area contributed by atoms with E-state index in [1.807, 2.05) is 11.8 Å². The second kappa shape index (κ2) is 5.44. The number of pyridine rings is 1. The third-order valence-corrected chi connectivity index (χ3v) is 3.35. The Morgan fingerprint density at radius 2 is 2.28 bits per heavy atom. The van der Waals surface area contributed by atoms with Crippen molar-refractivity contribution in [2.75, 3.05) is 13.1 Å². The molecule has 5 heteroatoms. The Hall–Kier alpha value is -1.49. The van der Waals surface area contributed by atoms with Gasteiger partial charge < -0.3 is 10.6 Å². The molecule has 2 rings (SSSR count). The number of carbonyl (C=O) groups is 1. The number of hydrogen-bond donors (Lipinski definition) is 1. The van der Waals surface area contributed by atoms with Crippen LogP contribution in [0.15, 0.2) is 18.3 Å². The molecule has 1 saturated carbocycles. The fraction of sp³-hybridized carbons (Fsp3) is 0.462. The summed E-state index contributed by atoms with van der Waals surface area (Å²) in [5.41, 5.74) is 6.64. The Kier molecular flexibility index (Phi) is 3.91. The van der Waals surface area contributed by atoms with E-state index in [0.717, 1.165) is 6.54 Å². The summed E-state index contributed by atoms with van der Waals surface area (Å²) < 4.78 is 0. The molecule has 0 spiro atoms. The Labute approximate surface area is 112 Å². The zero-order valence-electron chi connectivity index (χ0n) is 10.4. The maximum atomic E-state index is 12.2. The summed E-state index contributed by atoms with van der Waals surface area (Å²) in [6.45, 7) is 3.55. The van der Waals surface area contributed by atoms with Crippen molar-refractivity contribution in [2.45, 2.75) is 19.8 Å². The number of hydrogen-bond acceptors (Lipinski definition) is 3. The summed E-state index contributed by atoms with van der Waals surface area (Å²) in [7, 11) is 0. The monoisotopic (exact) mass is 263 g/mol. The summed E-state index contributed by atoms with van der Waals surface area (Å²) in [5.74, 6) is 0.670. The molecule has 0 bridgehead atoms. The molecule has 1 fully saturated rings. The summed E-state index contributed by atoms with van der Waals surface area (Å²) in [6.07, 6.45) is 4.02. The van der Waals surface area contributed by atoms with Crippen molar-refractivity contribution in [1.29, 1.82) is 0 Å². The molecule has 0 atom stereocenters. The third kappa shape index (κ3) is 3.04. The lowest BCUT2D eigenvalue weighted by Crippen LogP contribution is -2.33. The Bertz CT molecular complexity index is 454. The number of amides is 1. The number of aromatic nitrogens is 1. The van der Waals surface area contributed by atoms with Gasteiger partial charge in [0.1, 0.15) is 10.7 Å². The van der Waals surface area contributed by atoms with Gasteiger partial charge in [-0.2, -0.15) is 0 Å². The molecular formula is C13H17N3OS. The standard InChI is InChI=1S/C13H17N3OS/c1-2-16(8-9-3-4-9)13(17)11-6-5-10(7-15-11)12(14)18/h5-7,9H,2-4,8H2,1H3,(H2,14,18). The molecule has 2 N–H and O–H groups in total. The molecule has 1 aromatic heterocycles. The largest absolute Gasteiger partial charge is 0.389 e. The highest BCUT2D eigenvalue weighted by Crippen LogP contribution is 2.29. The highest BCUT2D eigenvalue weighted by atomic mass is 32.1. The van der Waals surface area contributed by atoms with Gasteiger partial charge >= 0.3 is 0 Å². The van der Waals surface area contributed by atoms with Gasteiger partial charge in [-0.05, 0) is 37.8 Å². The predicted octanol–water partition coefficient (Wildman–Crippen LogP) is 1.59. The first-order valence-electron chi connectivity index (χ1n) is 6.17. The van der Waals surface area contributed by atoms with Crippen LogP contribution in [0, 0.1) is 5.92 Å². The minimum atomic E-state index is -0.0149. The van der Waals surface area contributed by atoms with Crippen molar-refractivity contribution < 1.29 is 4.79 Å². The maximum absolute atomic E-state index is 12.2. The molecule has 1 heterocycles. The first kappa shape index (κ1) is 13.0. The smallest absolute Gasteiger partial charge is 0.272 e. The van der Waals surface area contributed by atoms with Gasteiger partial charge in [0.15, 0.2) is 0 Å². The minimum absolute atomic E-state index is 0.0149. The van der Waals surface area contributed by atoms with Crippen molar-refractivity contribution in [1.82, 2.24) is 9.88 Å². The Balaban J connectivity index is 2.08. The van der Waals surface area contributed by atoms with E-state index in [1.165, 1.54) is 12.8 Å². The molecule has 1 aliphatic carbocycles. The van der Waals surface area contributed by atoms with Gasteiger partial charge in [0, 0.05) is 24.8 Å². The van der Waals surface area contributed by atoms with Crippen LogP contribution in [0.2, 0.25) is 0 Å². The minimum Gasteiger partial charge on any atom is -0.389 e. The molecule has 0 radical (unpaired) electrons. The van der Waals surface area contributed by atoms with Crippen LogP contribution in [-0.2, 0) is 0 Å². The molecule has 18 heavy (non-hydrogen) atoms. The molecule has 0 unspecified atom stereocenters. The average Bonchev–Trinajstić information content (AvgIpc) is 3.19. The van der Waals surface area contributed by atoms with Gasteiger partial charge in [0.25, 0.3) is 5.91 Å². The highest BCUT2D eigenvalue weighted by molar-refractivity contribution is 7.80. The van der Waals surface area contributed by atoms with Crippen LogP contribution in [0.3, 0.4) is 0 Å². The van der Waals surface area contributed by atoms with Crippen LogP contribution in [0.4, 0.5) is 0 Å². The lowest BCUT2D eigenvalue weighted by atomic mass is 10.2. The van der Waals surface area contributed by atoms with E-state index in [9.17, 15) is 4.79 Å². The lowest BCUT2D eigenvalue weighted by molar-refractivity contribution is 0.0751. The van der Waals surface area contributed by atoms with E-state index in [-0.39, 0.29) is 5.91 Å². The Morgan fingerprint density at radius 1 is 1.56 bits per heavy atom. The van der Waals surface area contributed by atoms with Crippen molar-refractivity contribution in [3.8, 4) is 0 Å². The first-order chi connectivity index (χ1) is 8.61. The van der Waals surface area contributed by atoms with Crippen LogP contribution in [-0.4, -0.2) is 33.9 Å². The number of carbonyl (C=O) groups excluding carboxylic acids is 1. The predicted molar refractivity (Wildman–Crippen MR) is 74.4 cm³/mol. The second-order valence-electron chi connectivity index (χ2n) is 4.58. The van der Waals surface area contributed by atoms with Crippen LogP contribution in [0.5, 0.6) is 0 Å². The van der Waals surface area contributed by atoms with E-state index in [1.54, 1.807) is 18.3 Å². The summed E-state index contributed by atoms with van der Waals surface area (Å²) >= 11 is 4.85. The van der Waals surface area contributed by atoms with E-state index < -0.39 is 0 Å². The van der Waals surface area contributed by atoms with E-state index in [4.69, 9.17) is 18.0 Å². The molecule has 0 aromatic carbocycles. The lowest BCUT2D eigenvalue weighted by Gasteiger charge is -2.20. The number of nitrogens with zero attached hydrogens (tertiary/aromatic N) is 2. The quantitative estimate of drug-likeness (QED) is 0.820. The summed E-state index contributed by atoms with van der Waals surface area (Å²) in [6, 6.07) is 3.43. The van der Waals surface area contributed by atoms with Crippen molar-refractivity contribution in [3.05, 3.63) is 29.6 Å². The summed E-state index contributed by atoms with van der Waals surface area (Å²) in [5, 5.41) is 0. The fourth-order valence-corrected chi connectivity index (χ4v) is 1.92. The maximum Gasteiger partial charge on any atom is 0.272 e. The zero-order chi connectivity index (χ0) is 13.1. The van der Waals surface area contributed by atoms with E-state index in [2.05, 4.69) is 4.98 Å². The van der Waals surface area contributed by atoms with Gasteiger partial charge in [-0.3, -0.25) is 9.78 Å². The topological polar surface area (TPSA) is 59.2 Å². The molecule has 0 saturated heterocycles. The molecular weight excluding hydrogens is 246 g/mol. The number of nitrogens with two attached hydrogens (primary N) is 1. The molecule has 1 amide bonds. The SMILES string of the molecule is CCN(CC1CC1)C(=O)c1ccc(C(N)=S)cn1. The number of rotatable bonds is 5. The third-order valence-electron chi connectivity index (χ3n) is 3.11.